The van der Waals surface area contributed by atoms with Crippen molar-refractivity contribution in [1.29, 1.82) is 0 Å². The van der Waals surface area contributed by atoms with Gasteiger partial charge in [-0.25, -0.2) is 4.79 Å². The zero-order valence-electron chi connectivity index (χ0n) is 19.6. The second-order valence-electron chi connectivity index (χ2n) is 8.36. The monoisotopic (exact) mass is 465 g/mol. The number of pyridine rings is 1. The molecule has 3 N–H and O–H groups in total. The van der Waals surface area contributed by atoms with E-state index in [-0.39, 0.29) is 0 Å². The third-order valence-electron chi connectivity index (χ3n) is 6.13. The molecule has 1 heterocycles. The molecule has 35 heavy (non-hydrogen) atoms. The van der Waals surface area contributed by atoms with Gasteiger partial charge in [0.1, 0.15) is 6.04 Å². The highest BCUT2D eigenvalue weighted by atomic mass is 16.4. The Hall–Kier alpha value is -4.45. The second-order valence-corrected chi connectivity index (χ2v) is 8.36. The third kappa shape index (κ3) is 5.55. The number of anilines is 1. The molecule has 0 unspecified atom stereocenters. The lowest BCUT2D eigenvalue weighted by atomic mass is 9.84. The number of carbonyl (C=O) groups is 2. The van der Waals surface area contributed by atoms with Crippen LogP contribution in [0.15, 0.2) is 97.2 Å². The summed E-state index contributed by atoms with van der Waals surface area (Å²) in [6.07, 6.45) is 0.518. The Morgan fingerprint density at radius 3 is 1.91 bits per heavy atom. The summed E-state index contributed by atoms with van der Waals surface area (Å²) < 4.78 is 0. The summed E-state index contributed by atoms with van der Waals surface area (Å²) in [5, 5.41) is 14.9. The molecule has 0 saturated heterocycles. The van der Waals surface area contributed by atoms with Crippen LogP contribution >= 0.6 is 0 Å². The number of aromatic nitrogens is 1. The van der Waals surface area contributed by atoms with Crippen LogP contribution < -0.4 is 10.6 Å². The summed E-state index contributed by atoms with van der Waals surface area (Å²) in [5.41, 5.74) is 6.42. The van der Waals surface area contributed by atoms with Crippen molar-refractivity contribution in [2.45, 2.75) is 25.8 Å². The molecule has 4 rings (SSSR count). The second kappa shape index (κ2) is 10.7. The predicted molar refractivity (Wildman–Crippen MR) is 137 cm³/mol. The van der Waals surface area contributed by atoms with E-state index in [1.807, 2.05) is 105 Å². The van der Waals surface area contributed by atoms with Crippen LogP contribution in [0.25, 0.3) is 11.1 Å². The van der Waals surface area contributed by atoms with Crippen LogP contribution in [0.5, 0.6) is 0 Å². The molecule has 0 aliphatic heterocycles. The molecular weight excluding hydrogens is 438 g/mol. The van der Waals surface area contributed by atoms with Crippen LogP contribution in [0.4, 0.5) is 10.5 Å². The van der Waals surface area contributed by atoms with Crippen molar-refractivity contribution >= 4 is 17.7 Å². The Morgan fingerprint density at radius 1 is 0.800 bits per heavy atom. The topological polar surface area (TPSA) is 91.3 Å². The molecule has 1 aromatic heterocycles. The van der Waals surface area contributed by atoms with E-state index < -0.39 is 24.0 Å². The van der Waals surface area contributed by atoms with E-state index in [4.69, 9.17) is 0 Å². The van der Waals surface area contributed by atoms with Gasteiger partial charge >= 0.3 is 6.09 Å². The maximum Gasteiger partial charge on any atom is 0.405 e. The molecule has 6 heteroatoms. The van der Waals surface area contributed by atoms with Crippen LogP contribution in [0.2, 0.25) is 0 Å². The lowest BCUT2D eigenvalue weighted by Crippen LogP contribution is -2.47. The Balaban J connectivity index is 1.63. The summed E-state index contributed by atoms with van der Waals surface area (Å²) in [6.45, 7) is 4.00. The van der Waals surface area contributed by atoms with Gasteiger partial charge in [-0.15, -0.1) is 0 Å². The third-order valence-corrected chi connectivity index (χ3v) is 6.13. The first-order valence-corrected chi connectivity index (χ1v) is 11.4. The largest absolute Gasteiger partial charge is 0.465 e. The minimum absolute atomic E-state index is 0.436. The van der Waals surface area contributed by atoms with Crippen molar-refractivity contribution in [3.05, 3.63) is 120 Å². The zero-order chi connectivity index (χ0) is 24.8. The number of aryl methyl sites for hydroxylation is 1. The van der Waals surface area contributed by atoms with Gasteiger partial charge in [-0.2, -0.15) is 0 Å². The van der Waals surface area contributed by atoms with E-state index in [1.165, 1.54) is 0 Å². The number of rotatable bonds is 7. The van der Waals surface area contributed by atoms with Crippen molar-refractivity contribution in [3.8, 4) is 11.1 Å². The Kier molecular flexibility index (Phi) is 7.21. The van der Waals surface area contributed by atoms with Gasteiger partial charge in [-0.3, -0.25) is 9.78 Å². The van der Waals surface area contributed by atoms with Crippen LogP contribution in [-0.2, 0) is 4.79 Å². The summed E-state index contributed by atoms with van der Waals surface area (Å²) in [5.74, 6) is -0.941. The van der Waals surface area contributed by atoms with Gasteiger partial charge in [-0.05, 0) is 59.9 Å². The molecule has 0 saturated carbocycles. The maximum absolute atomic E-state index is 13.4. The van der Waals surface area contributed by atoms with E-state index >= 15 is 0 Å². The molecule has 6 nitrogen and oxygen atoms in total. The molecule has 1 atom stereocenters. The summed E-state index contributed by atoms with van der Waals surface area (Å²) >= 11 is 0. The van der Waals surface area contributed by atoms with E-state index in [2.05, 4.69) is 15.6 Å². The zero-order valence-corrected chi connectivity index (χ0v) is 19.6. The Bertz CT molecular complexity index is 1270. The summed E-state index contributed by atoms with van der Waals surface area (Å²) in [7, 11) is 0. The number of nitrogens with one attached hydrogen (secondary N) is 2. The number of carboxylic acid groups (broad SMARTS) is 1. The lowest BCUT2D eigenvalue weighted by molar-refractivity contribution is -0.118. The molecule has 3 aromatic carbocycles. The van der Waals surface area contributed by atoms with E-state index in [9.17, 15) is 14.7 Å². The molecule has 0 aliphatic carbocycles. The molecule has 0 fully saturated rings. The molecular formula is C29H27N3O3. The number of hydrogen-bond donors (Lipinski definition) is 3. The average Bonchev–Trinajstić information content (AvgIpc) is 2.87. The first kappa shape index (κ1) is 23.7. The molecule has 0 radical (unpaired) electrons. The fraction of sp³-hybridized carbons (Fsp3) is 0.138. The first-order valence-electron chi connectivity index (χ1n) is 11.4. The van der Waals surface area contributed by atoms with Gasteiger partial charge in [0, 0.05) is 23.5 Å². The normalized spacial score (nSPS) is 11.6. The van der Waals surface area contributed by atoms with Crippen LogP contribution in [0, 0.1) is 13.8 Å². The summed E-state index contributed by atoms with van der Waals surface area (Å²) in [4.78, 5) is 29.5. The highest BCUT2D eigenvalue weighted by molar-refractivity contribution is 5.97. The van der Waals surface area contributed by atoms with Crippen molar-refractivity contribution in [2.75, 3.05) is 5.32 Å². The van der Waals surface area contributed by atoms with E-state index in [1.54, 1.807) is 6.20 Å². The first-order chi connectivity index (χ1) is 16.9. The SMILES string of the molecule is Cc1nccc(-c2ccc(NC(=O)[C@@H](NC(=O)O)C(c3ccccc3)c3ccccc3)cc2)c1C. The Morgan fingerprint density at radius 2 is 1.37 bits per heavy atom. The molecule has 0 spiro atoms. The van der Waals surface area contributed by atoms with Crippen molar-refractivity contribution in [3.63, 3.8) is 0 Å². The van der Waals surface area contributed by atoms with Crippen molar-refractivity contribution in [2.24, 2.45) is 0 Å². The Labute approximate surface area is 204 Å². The average molecular weight is 466 g/mol. The predicted octanol–water partition coefficient (Wildman–Crippen LogP) is 5.77. The molecule has 176 valence electrons. The van der Waals surface area contributed by atoms with Crippen molar-refractivity contribution in [1.82, 2.24) is 10.3 Å². The minimum atomic E-state index is -1.26. The van der Waals surface area contributed by atoms with Gasteiger partial charge in [-0.1, -0.05) is 72.8 Å². The summed E-state index contributed by atoms with van der Waals surface area (Å²) in [6, 6.07) is 27.3. The highest BCUT2D eigenvalue weighted by Gasteiger charge is 2.32. The number of hydrogen-bond acceptors (Lipinski definition) is 3. The lowest BCUT2D eigenvalue weighted by Gasteiger charge is -2.27. The minimum Gasteiger partial charge on any atom is -0.465 e. The molecule has 2 amide bonds. The van der Waals surface area contributed by atoms with Gasteiger partial charge in [0.2, 0.25) is 5.91 Å². The molecule has 4 aromatic rings. The number of nitrogens with zero attached hydrogens (tertiary/aromatic N) is 1. The number of benzene rings is 3. The maximum atomic E-state index is 13.4. The molecule has 0 aliphatic rings. The van der Waals surface area contributed by atoms with E-state index in [0.717, 1.165) is 33.5 Å². The number of carbonyl (C=O) groups excluding carboxylic acids is 1. The van der Waals surface area contributed by atoms with Gasteiger partial charge in [0.05, 0.1) is 0 Å². The quantitative estimate of drug-likeness (QED) is 0.323. The highest BCUT2D eigenvalue weighted by Crippen LogP contribution is 2.30. The van der Waals surface area contributed by atoms with Gasteiger partial charge < -0.3 is 15.7 Å². The number of amides is 2. The van der Waals surface area contributed by atoms with Crippen LogP contribution in [0.3, 0.4) is 0 Å². The molecule has 0 bridgehead atoms. The smallest absolute Gasteiger partial charge is 0.405 e. The fourth-order valence-corrected chi connectivity index (χ4v) is 4.24. The standard InChI is InChI=1S/C29H27N3O3/c1-19-20(2)30-18-17-25(19)21-13-15-24(16-14-21)31-28(33)27(32-29(34)35)26(22-9-5-3-6-10-22)23-11-7-4-8-12-23/h3-18,26-27,32H,1-2H3,(H,31,33)(H,34,35)/t27-/m0/s1. The van der Waals surface area contributed by atoms with Gasteiger partial charge in [0.25, 0.3) is 0 Å². The van der Waals surface area contributed by atoms with E-state index in [0.29, 0.717) is 5.69 Å². The fourth-order valence-electron chi connectivity index (χ4n) is 4.24. The van der Waals surface area contributed by atoms with Crippen molar-refractivity contribution < 1.29 is 14.7 Å². The van der Waals surface area contributed by atoms with Gasteiger partial charge in [0.15, 0.2) is 0 Å². The van der Waals surface area contributed by atoms with Crippen LogP contribution in [0.1, 0.15) is 28.3 Å². The van der Waals surface area contributed by atoms with Crippen LogP contribution in [-0.4, -0.2) is 28.1 Å².